The van der Waals surface area contributed by atoms with E-state index in [0.29, 0.717) is 5.82 Å². The average Bonchev–Trinajstić information content (AvgIpc) is 2.51. The van der Waals surface area contributed by atoms with Gasteiger partial charge in [0.05, 0.1) is 6.20 Å². The Morgan fingerprint density at radius 3 is 2.79 bits per heavy atom. The molecule has 0 radical (unpaired) electrons. The number of nitrogens with two attached hydrogens (primary N) is 1. The number of hydrogen-bond donors (Lipinski definition) is 3. The van der Waals surface area contributed by atoms with E-state index in [0.717, 1.165) is 0 Å². The molecule has 14 heavy (non-hydrogen) atoms. The molecule has 0 aliphatic rings. The van der Waals surface area contributed by atoms with Crippen LogP contribution in [0.2, 0.25) is 0 Å². The fourth-order valence-corrected chi connectivity index (χ4v) is 2.14. The summed E-state index contributed by atoms with van der Waals surface area (Å²) >= 11 is 0. The van der Waals surface area contributed by atoms with Crippen molar-refractivity contribution in [2.24, 2.45) is 5.73 Å². The predicted molar refractivity (Wildman–Crippen MR) is 52.2 cm³/mol. The zero-order valence-electron chi connectivity index (χ0n) is 8.11. The zero-order valence-corrected chi connectivity index (χ0v) is 8.93. The highest BCUT2D eigenvalue weighted by Gasteiger charge is 2.18. The minimum atomic E-state index is -3.50. The van der Waals surface area contributed by atoms with Gasteiger partial charge in [0, 0.05) is 12.6 Å². The fraction of sp³-hybridized carbons (Fsp3) is 0.571. The molecule has 0 saturated carbocycles. The van der Waals surface area contributed by atoms with Crippen LogP contribution >= 0.6 is 0 Å². The van der Waals surface area contributed by atoms with E-state index in [4.69, 9.17) is 5.73 Å². The van der Waals surface area contributed by atoms with Gasteiger partial charge in [0.25, 0.3) is 10.0 Å². The van der Waals surface area contributed by atoms with Crippen LogP contribution < -0.4 is 10.5 Å². The maximum absolute atomic E-state index is 11.6. The second-order valence-corrected chi connectivity index (χ2v) is 4.77. The first-order valence-corrected chi connectivity index (χ1v) is 5.68. The van der Waals surface area contributed by atoms with Gasteiger partial charge in [-0.05, 0) is 13.8 Å². The maximum atomic E-state index is 11.6. The molecule has 0 fully saturated rings. The van der Waals surface area contributed by atoms with Crippen molar-refractivity contribution >= 4 is 10.0 Å². The summed E-state index contributed by atoms with van der Waals surface area (Å²) in [5, 5.41) is 0.0651. The van der Waals surface area contributed by atoms with Crippen LogP contribution in [-0.2, 0) is 10.0 Å². The van der Waals surface area contributed by atoms with Gasteiger partial charge >= 0.3 is 0 Å². The highest BCUT2D eigenvalue weighted by atomic mass is 32.2. The molecule has 80 valence electrons. The third-order valence-electron chi connectivity index (χ3n) is 1.68. The van der Waals surface area contributed by atoms with Gasteiger partial charge in [0.1, 0.15) is 5.82 Å². The van der Waals surface area contributed by atoms with Crippen LogP contribution in [-0.4, -0.2) is 31.0 Å². The summed E-state index contributed by atoms with van der Waals surface area (Å²) in [6.45, 7) is 3.64. The summed E-state index contributed by atoms with van der Waals surface area (Å²) in [4.78, 5) is 6.45. The second kappa shape index (κ2) is 4.07. The summed E-state index contributed by atoms with van der Waals surface area (Å²) in [5.41, 5.74) is 5.31. The molecule has 0 saturated heterocycles. The van der Waals surface area contributed by atoms with E-state index in [1.807, 2.05) is 0 Å². The van der Waals surface area contributed by atoms with Gasteiger partial charge in [-0.3, -0.25) is 0 Å². The number of sulfonamides is 1. The van der Waals surface area contributed by atoms with Crippen LogP contribution in [0.25, 0.3) is 0 Å². The van der Waals surface area contributed by atoms with E-state index in [2.05, 4.69) is 14.7 Å². The quantitative estimate of drug-likeness (QED) is 0.624. The van der Waals surface area contributed by atoms with Gasteiger partial charge in [0.15, 0.2) is 5.03 Å². The smallest absolute Gasteiger partial charge is 0.257 e. The summed E-state index contributed by atoms with van der Waals surface area (Å²) in [6, 6.07) is -0.288. The highest BCUT2D eigenvalue weighted by molar-refractivity contribution is 7.89. The molecule has 0 aromatic carbocycles. The monoisotopic (exact) mass is 218 g/mol. The number of H-pyrrole nitrogens is 1. The summed E-state index contributed by atoms with van der Waals surface area (Å²) in [7, 11) is -3.50. The number of nitrogens with one attached hydrogen (secondary N) is 2. The minimum absolute atomic E-state index is 0.0651. The van der Waals surface area contributed by atoms with Crippen LogP contribution in [0.1, 0.15) is 12.7 Å². The van der Waals surface area contributed by atoms with Gasteiger partial charge in [-0.2, -0.15) is 0 Å². The number of nitrogens with zero attached hydrogens (tertiary/aromatic N) is 1. The van der Waals surface area contributed by atoms with Gasteiger partial charge < -0.3 is 10.7 Å². The van der Waals surface area contributed by atoms with E-state index < -0.39 is 10.0 Å². The minimum Gasteiger partial charge on any atom is -0.332 e. The Morgan fingerprint density at radius 1 is 1.71 bits per heavy atom. The van der Waals surface area contributed by atoms with Gasteiger partial charge in [0.2, 0.25) is 0 Å². The molecule has 7 heteroatoms. The van der Waals surface area contributed by atoms with Gasteiger partial charge in [-0.25, -0.2) is 18.1 Å². The Hall–Kier alpha value is -0.920. The number of aromatic amines is 1. The van der Waals surface area contributed by atoms with Crippen molar-refractivity contribution in [2.75, 3.05) is 6.54 Å². The predicted octanol–water partition coefficient (Wildman–Crippen LogP) is -0.656. The van der Waals surface area contributed by atoms with Crippen molar-refractivity contribution in [1.82, 2.24) is 14.7 Å². The summed E-state index contributed by atoms with van der Waals surface area (Å²) in [5.74, 6) is 0.561. The Morgan fingerprint density at radius 2 is 2.36 bits per heavy atom. The Balaban J connectivity index is 2.86. The molecule has 1 aromatic rings. The average molecular weight is 218 g/mol. The summed E-state index contributed by atoms with van der Waals surface area (Å²) < 4.78 is 25.6. The van der Waals surface area contributed by atoms with Crippen molar-refractivity contribution in [3.05, 3.63) is 12.0 Å². The van der Waals surface area contributed by atoms with Crippen LogP contribution in [0, 0.1) is 6.92 Å². The molecule has 1 rings (SSSR count). The molecular formula is C7H14N4O2S. The van der Waals surface area contributed by atoms with Gasteiger partial charge in [-0.15, -0.1) is 0 Å². The number of rotatable bonds is 4. The van der Waals surface area contributed by atoms with Crippen LogP contribution in [0.15, 0.2) is 11.2 Å². The van der Waals surface area contributed by atoms with E-state index in [-0.39, 0.29) is 17.6 Å². The number of hydrogen-bond acceptors (Lipinski definition) is 4. The van der Waals surface area contributed by atoms with Crippen LogP contribution in [0.3, 0.4) is 0 Å². The Labute approximate surface area is 83.0 Å². The van der Waals surface area contributed by atoms with E-state index in [1.165, 1.54) is 6.20 Å². The molecular weight excluding hydrogens is 204 g/mol. The van der Waals surface area contributed by atoms with Crippen molar-refractivity contribution in [1.29, 1.82) is 0 Å². The van der Waals surface area contributed by atoms with E-state index in [9.17, 15) is 8.42 Å². The third kappa shape index (κ3) is 2.53. The molecule has 4 N–H and O–H groups in total. The lowest BCUT2D eigenvalue weighted by Crippen LogP contribution is -2.37. The number of aromatic nitrogens is 2. The lowest BCUT2D eigenvalue weighted by atomic mass is 10.4. The molecule has 1 heterocycles. The number of aryl methyl sites for hydroxylation is 1. The summed E-state index contributed by atoms with van der Waals surface area (Å²) in [6.07, 6.45) is 1.28. The molecule has 1 atom stereocenters. The second-order valence-electron chi connectivity index (χ2n) is 3.09. The third-order valence-corrected chi connectivity index (χ3v) is 3.18. The van der Waals surface area contributed by atoms with E-state index in [1.54, 1.807) is 13.8 Å². The Bertz CT molecular complexity index is 398. The standard InChI is InChI=1S/C7H14N4O2S/c1-5(3-8)11-14(12,13)7-4-9-6(2)10-7/h4-5,11H,3,8H2,1-2H3,(H,9,10). The topological polar surface area (TPSA) is 101 Å². The molecule has 6 nitrogen and oxygen atoms in total. The SMILES string of the molecule is Cc1ncc(S(=O)(=O)NC(C)CN)[nH]1. The van der Waals surface area contributed by atoms with Crippen LogP contribution in [0.4, 0.5) is 0 Å². The van der Waals surface area contributed by atoms with Crippen molar-refractivity contribution in [2.45, 2.75) is 24.9 Å². The van der Waals surface area contributed by atoms with E-state index >= 15 is 0 Å². The number of imidazole rings is 1. The molecule has 0 amide bonds. The molecule has 1 unspecified atom stereocenters. The van der Waals surface area contributed by atoms with Crippen molar-refractivity contribution < 1.29 is 8.42 Å². The maximum Gasteiger partial charge on any atom is 0.257 e. The van der Waals surface area contributed by atoms with Crippen molar-refractivity contribution in [3.8, 4) is 0 Å². The molecule has 0 spiro atoms. The van der Waals surface area contributed by atoms with Crippen molar-refractivity contribution in [3.63, 3.8) is 0 Å². The molecule has 0 aliphatic heterocycles. The lowest BCUT2D eigenvalue weighted by molar-refractivity contribution is 0.559. The van der Waals surface area contributed by atoms with Gasteiger partial charge in [-0.1, -0.05) is 0 Å². The Kier molecular flexibility index (Phi) is 3.25. The normalized spacial score (nSPS) is 14.2. The van der Waals surface area contributed by atoms with Crippen LogP contribution in [0.5, 0.6) is 0 Å². The first-order chi connectivity index (χ1) is 6.45. The molecule has 1 aromatic heterocycles. The first kappa shape index (κ1) is 11.2. The molecule has 0 bridgehead atoms. The largest absolute Gasteiger partial charge is 0.332 e. The highest BCUT2D eigenvalue weighted by Crippen LogP contribution is 2.04. The molecule has 0 aliphatic carbocycles. The fourth-order valence-electron chi connectivity index (χ4n) is 0.911. The first-order valence-electron chi connectivity index (χ1n) is 4.19. The lowest BCUT2D eigenvalue weighted by Gasteiger charge is -2.09. The zero-order chi connectivity index (χ0) is 10.8.